The van der Waals surface area contributed by atoms with Crippen LogP contribution in [0.25, 0.3) is 0 Å². The molecule has 0 aliphatic carbocycles. The lowest BCUT2D eigenvalue weighted by molar-refractivity contribution is 0.00321. The van der Waals surface area contributed by atoms with Gasteiger partial charge in [0.05, 0.1) is 5.60 Å². The van der Waals surface area contributed by atoms with Crippen molar-refractivity contribution in [2.45, 2.75) is 44.2 Å². The van der Waals surface area contributed by atoms with Crippen LogP contribution < -0.4 is 10.6 Å². The summed E-state index contributed by atoms with van der Waals surface area (Å²) in [4.78, 5) is 0. The molecule has 13 heavy (non-hydrogen) atoms. The van der Waals surface area contributed by atoms with Gasteiger partial charge in [0.15, 0.2) is 0 Å². The SMILES string of the molecule is CNCCC(C)(O)C1CCCCN1. The Morgan fingerprint density at radius 1 is 1.54 bits per heavy atom. The van der Waals surface area contributed by atoms with Gasteiger partial charge >= 0.3 is 0 Å². The summed E-state index contributed by atoms with van der Waals surface area (Å²) >= 11 is 0. The molecule has 2 atom stereocenters. The molecule has 0 radical (unpaired) electrons. The highest BCUT2D eigenvalue weighted by molar-refractivity contribution is 4.90. The molecule has 2 unspecified atom stereocenters. The standard InChI is InChI=1S/C10H22N2O/c1-10(13,6-8-11-2)9-5-3-4-7-12-9/h9,11-13H,3-8H2,1-2H3. The summed E-state index contributed by atoms with van der Waals surface area (Å²) in [6.07, 6.45) is 4.42. The van der Waals surface area contributed by atoms with Crippen molar-refractivity contribution < 1.29 is 5.11 Å². The quantitative estimate of drug-likeness (QED) is 0.598. The van der Waals surface area contributed by atoms with Gasteiger partial charge in [0.25, 0.3) is 0 Å². The summed E-state index contributed by atoms with van der Waals surface area (Å²) in [7, 11) is 1.92. The molecule has 0 bridgehead atoms. The maximum Gasteiger partial charge on any atom is 0.0784 e. The average molecular weight is 186 g/mol. The molecule has 3 nitrogen and oxygen atoms in total. The van der Waals surface area contributed by atoms with E-state index in [2.05, 4.69) is 10.6 Å². The predicted molar refractivity (Wildman–Crippen MR) is 54.8 cm³/mol. The third-order valence-corrected chi connectivity index (χ3v) is 2.94. The summed E-state index contributed by atoms with van der Waals surface area (Å²) in [5.74, 6) is 0. The van der Waals surface area contributed by atoms with E-state index in [0.29, 0.717) is 0 Å². The molecule has 3 heteroatoms. The molecule has 0 aromatic carbocycles. The fourth-order valence-electron chi connectivity index (χ4n) is 1.93. The van der Waals surface area contributed by atoms with E-state index < -0.39 is 5.60 Å². The van der Waals surface area contributed by atoms with Crippen molar-refractivity contribution in [3.05, 3.63) is 0 Å². The van der Waals surface area contributed by atoms with E-state index in [1.54, 1.807) is 0 Å². The Bertz CT molecular complexity index is 142. The highest BCUT2D eigenvalue weighted by Crippen LogP contribution is 2.21. The summed E-state index contributed by atoms with van der Waals surface area (Å²) in [6.45, 7) is 3.87. The average Bonchev–Trinajstić information content (AvgIpc) is 2.16. The van der Waals surface area contributed by atoms with Gasteiger partial charge in [0.1, 0.15) is 0 Å². The van der Waals surface area contributed by atoms with Crippen molar-refractivity contribution in [1.82, 2.24) is 10.6 Å². The van der Waals surface area contributed by atoms with Gasteiger partial charge in [-0.3, -0.25) is 0 Å². The van der Waals surface area contributed by atoms with Crippen LogP contribution in [0.5, 0.6) is 0 Å². The highest BCUT2D eigenvalue weighted by Gasteiger charge is 2.31. The highest BCUT2D eigenvalue weighted by atomic mass is 16.3. The molecule has 1 rings (SSSR count). The molecule has 0 amide bonds. The Kier molecular flexibility index (Phi) is 4.16. The van der Waals surface area contributed by atoms with E-state index >= 15 is 0 Å². The van der Waals surface area contributed by atoms with Crippen molar-refractivity contribution in [2.24, 2.45) is 0 Å². The molecule has 0 saturated carbocycles. The second-order valence-electron chi connectivity index (χ2n) is 4.21. The van der Waals surface area contributed by atoms with Gasteiger partial charge in [-0.2, -0.15) is 0 Å². The minimum absolute atomic E-state index is 0.287. The lowest BCUT2D eigenvalue weighted by atomic mass is 9.87. The summed E-state index contributed by atoms with van der Waals surface area (Å²) in [5.41, 5.74) is -0.552. The van der Waals surface area contributed by atoms with Crippen molar-refractivity contribution >= 4 is 0 Å². The Balaban J connectivity index is 2.36. The Labute approximate surface area is 80.9 Å². The first-order valence-corrected chi connectivity index (χ1v) is 5.27. The number of hydrogen-bond acceptors (Lipinski definition) is 3. The van der Waals surface area contributed by atoms with E-state index in [1.165, 1.54) is 12.8 Å². The fraction of sp³-hybridized carbons (Fsp3) is 1.00. The van der Waals surface area contributed by atoms with Gasteiger partial charge in [-0.15, -0.1) is 0 Å². The minimum atomic E-state index is -0.552. The molecule has 0 spiro atoms. The molecule has 0 aromatic heterocycles. The monoisotopic (exact) mass is 186 g/mol. The Morgan fingerprint density at radius 3 is 2.85 bits per heavy atom. The van der Waals surface area contributed by atoms with E-state index in [9.17, 15) is 5.11 Å². The lowest BCUT2D eigenvalue weighted by Crippen LogP contribution is -2.51. The van der Waals surface area contributed by atoms with E-state index in [-0.39, 0.29) is 6.04 Å². The second kappa shape index (κ2) is 4.94. The van der Waals surface area contributed by atoms with Crippen molar-refractivity contribution in [3.8, 4) is 0 Å². The first kappa shape index (κ1) is 11.0. The zero-order chi connectivity index (χ0) is 9.73. The predicted octanol–water partition coefficient (Wildman–Crippen LogP) is 0.489. The van der Waals surface area contributed by atoms with Crippen LogP contribution in [0.3, 0.4) is 0 Å². The summed E-state index contributed by atoms with van der Waals surface area (Å²) < 4.78 is 0. The maximum atomic E-state index is 10.2. The summed E-state index contributed by atoms with van der Waals surface area (Å²) in [6, 6.07) is 0.287. The zero-order valence-electron chi connectivity index (χ0n) is 8.77. The molecule has 78 valence electrons. The van der Waals surface area contributed by atoms with Crippen LogP contribution in [0.2, 0.25) is 0 Å². The van der Waals surface area contributed by atoms with E-state index in [4.69, 9.17) is 0 Å². The van der Waals surface area contributed by atoms with Gasteiger partial charge in [-0.1, -0.05) is 6.42 Å². The fourth-order valence-corrected chi connectivity index (χ4v) is 1.93. The van der Waals surface area contributed by atoms with E-state index in [0.717, 1.165) is 25.9 Å². The van der Waals surface area contributed by atoms with Crippen LogP contribution in [0.15, 0.2) is 0 Å². The number of piperidine rings is 1. The maximum absolute atomic E-state index is 10.2. The molecule has 1 saturated heterocycles. The Hall–Kier alpha value is -0.120. The first-order chi connectivity index (χ1) is 6.17. The minimum Gasteiger partial charge on any atom is -0.389 e. The van der Waals surface area contributed by atoms with Crippen LogP contribution in [0, 0.1) is 0 Å². The molecule has 1 aliphatic rings. The van der Waals surface area contributed by atoms with Crippen LogP contribution in [0.1, 0.15) is 32.6 Å². The van der Waals surface area contributed by atoms with E-state index in [1.807, 2.05) is 14.0 Å². The largest absolute Gasteiger partial charge is 0.389 e. The lowest BCUT2D eigenvalue weighted by Gasteiger charge is -2.36. The molecule has 3 N–H and O–H groups in total. The van der Waals surface area contributed by atoms with Crippen LogP contribution in [-0.4, -0.2) is 36.9 Å². The molecule has 1 aliphatic heterocycles. The molecule has 0 aromatic rings. The third kappa shape index (κ3) is 3.25. The van der Waals surface area contributed by atoms with Gasteiger partial charge in [0, 0.05) is 6.04 Å². The van der Waals surface area contributed by atoms with Gasteiger partial charge in [-0.25, -0.2) is 0 Å². The van der Waals surface area contributed by atoms with Crippen LogP contribution >= 0.6 is 0 Å². The van der Waals surface area contributed by atoms with Crippen molar-refractivity contribution in [2.75, 3.05) is 20.1 Å². The number of aliphatic hydroxyl groups is 1. The van der Waals surface area contributed by atoms with Crippen molar-refractivity contribution in [1.29, 1.82) is 0 Å². The normalized spacial score (nSPS) is 28.4. The molecular formula is C10H22N2O. The zero-order valence-corrected chi connectivity index (χ0v) is 8.77. The molecular weight excluding hydrogens is 164 g/mol. The van der Waals surface area contributed by atoms with Crippen LogP contribution in [-0.2, 0) is 0 Å². The first-order valence-electron chi connectivity index (χ1n) is 5.27. The summed E-state index contributed by atoms with van der Waals surface area (Å²) in [5, 5.41) is 16.6. The smallest absolute Gasteiger partial charge is 0.0784 e. The number of hydrogen-bond donors (Lipinski definition) is 3. The topological polar surface area (TPSA) is 44.3 Å². The Morgan fingerprint density at radius 2 is 2.31 bits per heavy atom. The number of rotatable bonds is 4. The second-order valence-corrected chi connectivity index (χ2v) is 4.21. The van der Waals surface area contributed by atoms with Gasteiger partial charge in [0.2, 0.25) is 0 Å². The number of nitrogens with one attached hydrogen (secondary N) is 2. The molecule has 1 fully saturated rings. The third-order valence-electron chi connectivity index (χ3n) is 2.94. The van der Waals surface area contributed by atoms with Gasteiger partial charge in [-0.05, 0) is 46.3 Å². The van der Waals surface area contributed by atoms with Gasteiger partial charge < -0.3 is 15.7 Å². The molecule has 1 heterocycles. The van der Waals surface area contributed by atoms with Crippen molar-refractivity contribution in [3.63, 3.8) is 0 Å². The van der Waals surface area contributed by atoms with Crippen LogP contribution in [0.4, 0.5) is 0 Å².